The average molecular weight is 524 g/mol. The summed E-state index contributed by atoms with van der Waals surface area (Å²) in [4.78, 5) is 21.4. The van der Waals surface area contributed by atoms with E-state index in [9.17, 15) is 9.18 Å². The summed E-state index contributed by atoms with van der Waals surface area (Å²) in [6, 6.07) is 12.8. The van der Waals surface area contributed by atoms with Gasteiger partial charge in [0.05, 0.1) is 17.3 Å². The van der Waals surface area contributed by atoms with Gasteiger partial charge in [0.25, 0.3) is 0 Å². The number of carbonyl (C=O) groups is 1. The maximum Gasteiger partial charge on any atom is 0.240 e. The van der Waals surface area contributed by atoms with Gasteiger partial charge in [0, 0.05) is 48.1 Å². The summed E-state index contributed by atoms with van der Waals surface area (Å²) in [6.45, 7) is 4.33. The lowest BCUT2D eigenvalue weighted by atomic mass is 10.2. The first-order chi connectivity index (χ1) is 15.0. The maximum atomic E-state index is 13.3. The van der Waals surface area contributed by atoms with Crippen molar-refractivity contribution in [2.45, 2.75) is 6.54 Å². The van der Waals surface area contributed by atoms with Crippen LogP contribution in [0.2, 0.25) is 5.02 Å². The van der Waals surface area contributed by atoms with E-state index >= 15 is 0 Å². The molecular formula is C22H21BrClFN4OS. The number of aromatic nitrogens is 1. The van der Waals surface area contributed by atoms with Crippen molar-refractivity contribution in [2.24, 2.45) is 0 Å². The molecule has 0 aliphatic carbocycles. The van der Waals surface area contributed by atoms with Crippen LogP contribution in [-0.4, -0.2) is 53.4 Å². The van der Waals surface area contributed by atoms with E-state index in [0.717, 1.165) is 54.0 Å². The van der Waals surface area contributed by atoms with Crippen LogP contribution in [0.1, 0.15) is 5.56 Å². The van der Waals surface area contributed by atoms with Crippen molar-refractivity contribution < 1.29 is 9.18 Å². The molecule has 1 saturated heterocycles. The lowest BCUT2D eigenvalue weighted by Gasteiger charge is -2.34. The number of carbonyl (C=O) groups excluding carboxylic acids is 1. The van der Waals surface area contributed by atoms with Gasteiger partial charge in [0.1, 0.15) is 5.82 Å². The number of amides is 1. The zero-order chi connectivity index (χ0) is 21.8. The quantitative estimate of drug-likeness (QED) is 0.487. The fraction of sp³-hybridized carbons (Fsp3) is 0.273. The van der Waals surface area contributed by atoms with Crippen molar-refractivity contribution in [3.8, 4) is 11.3 Å². The van der Waals surface area contributed by atoms with Crippen LogP contribution >= 0.6 is 38.9 Å². The highest BCUT2D eigenvalue weighted by Crippen LogP contribution is 2.26. The Kier molecular flexibility index (Phi) is 7.35. The zero-order valence-corrected chi connectivity index (χ0v) is 19.8. The molecule has 0 spiro atoms. The Labute approximate surface area is 198 Å². The Morgan fingerprint density at radius 2 is 1.84 bits per heavy atom. The molecule has 0 atom stereocenters. The fourth-order valence-corrected chi connectivity index (χ4v) is 4.65. The molecule has 1 amide bonds. The number of halogens is 3. The van der Waals surface area contributed by atoms with E-state index in [2.05, 4.69) is 36.0 Å². The summed E-state index contributed by atoms with van der Waals surface area (Å²) in [7, 11) is 0. The molecule has 3 aromatic rings. The highest BCUT2D eigenvalue weighted by atomic mass is 79.9. The summed E-state index contributed by atoms with van der Waals surface area (Å²) in [5.74, 6) is -0.457. The van der Waals surface area contributed by atoms with Crippen LogP contribution in [-0.2, 0) is 11.3 Å². The summed E-state index contributed by atoms with van der Waals surface area (Å²) >= 11 is 10.7. The lowest BCUT2D eigenvalue weighted by molar-refractivity contribution is -0.117. The predicted molar refractivity (Wildman–Crippen MR) is 127 cm³/mol. The van der Waals surface area contributed by atoms with Gasteiger partial charge < -0.3 is 5.32 Å². The van der Waals surface area contributed by atoms with E-state index in [1.807, 2.05) is 29.6 Å². The van der Waals surface area contributed by atoms with Crippen molar-refractivity contribution in [3.05, 3.63) is 68.7 Å². The first-order valence-corrected chi connectivity index (χ1v) is 11.9. The highest BCUT2D eigenvalue weighted by Gasteiger charge is 2.20. The van der Waals surface area contributed by atoms with Gasteiger partial charge in [0.15, 0.2) is 5.13 Å². The van der Waals surface area contributed by atoms with Gasteiger partial charge in [-0.25, -0.2) is 9.37 Å². The van der Waals surface area contributed by atoms with E-state index in [1.54, 1.807) is 12.1 Å². The number of piperazine rings is 1. The Morgan fingerprint density at radius 1 is 1.13 bits per heavy atom. The number of nitrogens with one attached hydrogen (secondary N) is 1. The second-order valence-corrected chi connectivity index (χ2v) is 9.57. The van der Waals surface area contributed by atoms with Crippen molar-refractivity contribution >= 4 is 49.9 Å². The van der Waals surface area contributed by atoms with E-state index in [1.165, 1.54) is 17.4 Å². The van der Waals surface area contributed by atoms with E-state index in [4.69, 9.17) is 11.6 Å². The van der Waals surface area contributed by atoms with Crippen molar-refractivity contribution in [3.63, 3.8) is 0 Å². The van der Waals surface area contributed by atoms with Gasteiger partial charge in [-0.3, -0.25) is 14.6 Å². The minimum atomic E-state index is -0.398. The molecular weight excluding hydrogens is 503 g/mol. The molecule has 0 bridgehead atoms. The molecule has 0 radical (unpaired) electrons. The van der Waals surface area contributed by atoms with E-state index in [-0.39, 0.29) is 10.9 Å². The van der Waals surface area contributed by atoms with Gasteiger partial charge in [-0.05, 0) is 29.8 Å². The van der Waals surface area contributed by atoms with Crippen LogP contribution in [0.25, 0.3) is 11.3 Å². The third-order valence-electron chi connectivity index (χ3n) is 5.11. The Morgan fingerprint density at radius 3 is 2.55 bits per heavy atom. The molecule has 2 aromatic carbocycles. The van der Waals surface area contributed by atoms with Crippen LogP contribution in [0.5, 0.6) is 0 Å². The number of nitrogens with zero attached hydrogens (tertiary/aromatic N) is 3. The molecule has 31 heavy (non-hydrogen) atoms. The first-order valence-electron chi connectivity index (χ1n) is 9.86. The predicted octanol–water partition coefficient (Wildman–Crippen LogP) is 5.12. The third-order valence-corrected chi connectivity index (χ3v) is 6.69. The molecule has 1 N–H and O–H groups in total. The van der Waals surface area contributed by atoms with Crippen LogP contribution in [0.3, 0.4) is 0 Å². The summed E-state index contributed by atoms with van der Waals surface area (Å²) < 4.78 is 14.3. The average Bonchev–Trinajstić information content (AvgIpc) is 3.21. The second kappa shape index (κ2) is 10.2. The molecule has 1 fully saturated rings. The maximum absolute atomic E-state index is 13.3. The smallest absolute Gasteiger partial charge is 0.240 e. The largest absolute Gasteiger partial charge is 0.301 e. The van der Waals surface area contributed by atoms with Crippen LogP contribution < -0.4 is 5.32 Å². The summed E-state index contributed by atoms with van der Waals surface area (Å²) in [6.07, 6.45) is 0. The minimum absolute atomic E-state index is 0.0597. The van der Waals surface area contributed by atoms with E-state index < -0.39 is 5.82 Å². The Hall–Kier alpha value is -1.84. The molecule has 1 aromatic heterocycles. The van der Waals surface area contributed by atoms with Crippen molar-refractivity contribution in [2.75, 3.05) is 38.0 Å². The normalized spacial score (nSPS) is 15.2. The summed E-state index contributed by atoms with van der Waals surface area (Å²) in [5.41, 5.74) is 2.85. The Balaban J connectivity index is 1.24. The zero-order valence-electron chi connectivity index (χ0n) is 16.7. The number of hydrogen-bond acceptors (Lipinski definition) is 5. The van der Waals surface area contributed by atoms with E-state index in [0.29, 0.717) is 11.7 Å². The number of hydrogen-bond donors (Lipinski definition) is 1. The van der Waals surface area contributed by atoms with Gasteiger partial charge in [-0.2, -0.15) is 0 Å². The fourth-order valence-electron chi connectivity index (χ4n) is 3.45. The van der Waals surface area contributed by atoms with Crippen molar-refractivity contribution in [1.82, 2.24) is 14.8 Å². The van der Waals surface area contributed by atoms with Crippen LogP contribution in [0.15, 0.2) is 52.3 Å². The third kappa shape index (κ3) is 6.11. The monoisotopic (exact) mass is 522 g/mol. The lowest BCUT2D eigenvalue weighted by Crippen LogP contribution is -2.48. The van der Waals surface area contributed by atoms with Crippen LogP contribution in [0.4, 0.5) is 9.52 Å². The molecule has 0 saturated carbocycles. The van der Waals surface area contributed by atoms with Crippen molar-refractivity contribution in [1.29, 1.82) is 0 Å². The molecule has 4 rings (SSSR count). The van der Waals surface area contributed by atoms with Gasteiger partial charge >= 0.3 is 0 Å². The molecule has 0 unspecified atom stereocenters. The standard InChI is InChI=1S/C22H21BrClFN4OS/c23-17-4-2-16(3-5-17)20-14-31-22(26-20)27-21(30)13-29-9-7-28(8-10-29)12-15-1-6-19(25)18(24)11-15/h1-6,11,14H,7-10,12-13H2,(H,26,27,30). The number of anilines is 1. The SMILES string of the molecule is O=C(CN1CCN(Cc2ccc(F)c(Cl)c2)CC1)Nc1nc(-c2ccc(Br)cc2)cs1. The van der Waals surface area contributed by atoms with Gasteiger partial charge in [-0.15, -0.1) is 11.3 Å². The number of benzene rings is 2. The number of rotatable bonds is 6. The topological polar surface area (TPSA) is 48.5 Å². The molecule has 162 valence electrons. The molecule has 9 heteroatoms. The minimum Gasteiger partial charge on any atom is -0.301 e. The Bertz CT molecular complexity index is 1050. The van der Waals surface area contributed by atoms with Crippen LogP contribution in [0, 0.1) is 5.82 Å². The molecule has 1 aliphatic heterocycles. The summed E-state index contributed by atoms with van der Waals surface area (Å²) in [5, 5.41) is 5.61. The molecule has 2 heterocycles. The van der Waals surface area contributed by atoms with Gasteiger partial charge in [-0.1, -0.05) is 45.7 Å². The van der Waals surface area contributed by atoms with Gasteiger partial charge in [0.2, 0.25) is 5.91 Å². The number of thiazole rings is 1. The second-order valence-electron chi connectivity index (χ2n) is 7.39. The molecule has 5 nitrogen and oxygen atoms in total. The molecule has 1 aliphatic rings. The highest BCUT2D eigenvalue weighted by molar-refractivity contribution is 9.10. The first kappa shape index (κ1) is 22.4.